The summed E-state index contributed by atoms with van der Waals surface area (Å²) in [6, 6.07) is 8.35. The number of para-hydroxylation sites is 2. The molecule has 2 rings (SSSR count). The molecule has 1 aromatic carbocycles. The van der Waals surface area contributed by atoms with Crippen LogP contribution in [0.25, 0.3) is 0 Å². The van der Waals surface area contributed by atoms with E-state index in [1.807, 2.05) is 24.3 Å². The lowest BCUT2D eigenvalue weighted by Gasteiger charge is -2.26. The molecule has 0 radical (unpaired) electrons. The van der Waals surface area contributed by atoms with Crippen molar-refractivity contribution in [2.75, 3.05) is 39.8 Å². The minimum atomic E-state index is -0.0619. The van der Waals surface area contributed by atoms with Crippen molar-refractivity contribution >= 4 is 5.96 Å². The standard InChI is InChI=1S/C19H32N4O2/c1-5-15(3)23(4)12-11-21-19(20-6-2)22-13-16-14-24-17-9-7-8-10-18(17)25-16/h7-10,15-16H,5-6,11-14H2,1-4H3,(H2,20,21,22). The highest BCUT2D eigenvalue weighted by Gasteiger charge is 2.20. The molecular formula is C19H32N4O2. The summed E-state index contributed by atoms with van der Waals surface area (Å²) in [6.07, 6.45) is 1.10. The minimum Gasteiger partial charge on any atom is -0.486 e. The van der Waals surface area contributed by atoms with E-state index in [1.54, 1.807) is 0 Å². The molecule has 0 saturated carbocycles. The molecule has 1 heterocycles. The number of nitrogens with one attached hydrogen (secondary N) is 2. The topological polar surface area (TPSA) is 58.1 Å². The number of benzene rings is 1. The monoisotopic (exact) mass is 348 g/mol. The molecule has 0 amide bonds. The highest BCUT2D eigenvalue weighted by molar-refractivity contribution is 5.79. The number of guanidine groups is 1. The van der Waals surface area contributed by atoms with Gasteiger partial charge < -0.3 is 25.0 Å². The van der Waals surface area contributed by atoms with Gasteiger partial charge in [0.25, 0.3) is 0 Å². The second-order valence-corrected chi connectivity index (χ2v) is 6.38. The van der Waals surface area contributed by atoms with Gasteiger partial charge >= 0.3 is 0 Å². The van der Waals surface area contributed by atoms with E-state index in [0.29, 0.717) is 19.2 Å². The van der Waals surface area contributed by atoms with Crippen LogP contribution in [0.3, 0.4) is 0 Å². The molecule has 0 spiro atoms. The van der Waals surface area contributed by atoms with Gasteiger partial charge in [-0.1, -0.05) is 19.1 Å². The van der Waals surface area contributed by atoms with Gasteiger partial charge in [-0.3, -0.25) is 0 Å². The third-order valence-electron chi connectivity index (χ3n) is 4.47. The van der Waals surface area contributed by atoms with Gasteiger partial charge in [-0.15, -0.1) is 0 Å². The van der Waals surface area contributed by atoms with Crippen LogP contribution < -0.4 is 20.1 Å². The van der Waals surface area contributed by atoms with Gasteiger partial charge in [0.2, 0.25) is 0 Å². The smallest absolute Gasteiger partial charge is 0.191 e. The number of hydrogen-bond donors (Lipinski definition) is 2. The zero-order valence-corrected chi connectivity index (χ0v) is 15.9. The van der Waals surface area contributed by atoms with Crippen molar-refractivity contribution in [3.05, 3.63) is 24.3 Å². The third kappa shape index (κ3) is 6.12. The molecule has 1 aliphatic rings. The molecule has 25 heavy (non-hydrogen) atoms. The second-order valence-electron chi connectivity index (χ2n) is 6.38. The second kappa shape index (κ2) is 10.1. The Morgan fingerprint density at radius 2 is 2.04 bits per heavy atom. The van der Waals surface area contributed by atoms with Gasteiger partial charge in [-0.25, -0.2) is 4.99 Å². The summed E-state index contributed by atoms with van der Waals surface area (Å²) < 4.78 is 11.7. The Morgan fingerprint density at radius 3 is 2.76 bits per heavy atom. The molecule has 0 fully saturated rings. The zero-order chi connectivity index (χ0) is 18.1. The van der Waals surface area contributed by atoms with E-state index in [9.17, 15) is 0 Å². The maximum absolute atomic E-state index is 5.95. The maximum atomic E-state index is 5.95. The van der Waals surface area contributed by atoms with Gasteiger partial charge in [0.1, 0.15) is 6.61 Å². The fraction of sp³-hybridized carbons (Fsp3) is 0.632. The summed E-state index contributed by atoms with van der Waals surface area (Å²) in [5, 5.41) is 6.67. The predicted molar refractivity (Wildman–Crippen MR) is 103 cm³/mol. The first kappa shape index (κ1) is 19.4. The average Bonchev–Trinajstić information content (AvgIpc) is 2.65. The number of likely N-dealkylation sites (N-methyl/N-ethyl adjacent to an activating group) is 1. The first-order valence-electron chi connectivity index (χ1n) is 9.24. The number of aliphatic imine (C=N–C) groups is 1. The highest BCUT2D eigenvalue weighted by Crippen LogP contribution is 2.30. The van der Waals surface area contributed by atoms with Crippen molar-refractivity contribution in [2.45, 2.75) is 39.3 Å². The van der Waals surface area contributed by atoms with Crippen molar-refractivity contribution in [3.8, 4) is 11.5 Å². The molecule has 0 aromatic heterocycles. The zero-order valence-electron chi connectivity index (χ0n) is 15.9. The van der Waals surface area contributed by atoms with Crippen LogP contribution in [0.5, 0.6) is 11.5 Å². The Balaban J connectivity index is 1.81. The van der Waals surface area contributed by atoms with E-state index in [2.05, 4.69) is 48.3 Å². The fourth-order valence-corrected chi connectivity index (χ4v) is 2.57. The van der Waals surface area contributed by atoms with Crippen molar-refractivity contribution in [1.82, 2.24) is 15.5 Å². The van der Waals surface area contributed by atoms with E-state index in [0.717, 1.165) is 43.5 Å². The van der Waals surface area contributed by atoms with Gasteiger partial charge in [-0.2, -0.15) is 0 Å². The molecule has 6 heteroatoms. The minimum absolute atomic E-state index is 0.0619. The summed E-state index contributed by atoms with van der Waals surface area (Å²) in [7, 11) is 2.16. The Bertz CT molecular complexity index is 550. The van der Waals surface area contributed by atoms with Gasteiger partial charge in [-0.05, 0) is 39.4 Å². The lowest BCUT2D eigenvalue weighted by molar-refractivity contribution is 0.0971. The molecule has 0 saturated heterocycles. The van der Waals surface area contributed by atoms with Gasteiger partial charge in [0.15, 0.2) is 23.6 Å². The molecule has 1 aliphatic heterocycles. The molecule has 1 aromatic rings. The first-order chi connectivity index (χ1) is 12.1. The van der Waals surface area contributed by atoms with Crippen LogP contribution in [-0.2, 0) is 0 Å². The quantitative estimate of drug-likeness (QED) is 0.557. The van der Waals surface area contributed by atoms with Crippen LogP contribution in [0.2, 0.25) is 0 Å². The van der Waals surface area contributed by atoms with E-state index in [4.69, 9.17) is 9.47 Å². The number of fused-ring (bicyclic) bond motifs is 1. The van der Waals surface area contributed by atoms with Crippen molar-refractivity contribution < 1.29 is 9.47 Å². The van der Waals surface area contributed by atoms with Gasteiger partial charge in [0, 0.05) is 25.7 Å². The molecule has 2 atom stereocenters. The number of rotatable bonds is 8. The van der Waals surface area contributed by atoms with Crippen molar-refractivity contribution in [2.24, 2.45) is 4.99 Å². The van der Waals surface area contributed by atoms with Crippen LogP contribution >= 0.6 is 0 Å². The molecule has 2 unspecified atom stereocenters. The van der Waals surface area contributed by atoms with Crippen LogP contribution in [-0.4, -0.2) is 62.8 Å². The van der Waals surface area contributed by atoms with E-state index < -0.39 is 0 Å². The third-order valence-corrected chi connectivity index (χ3v) is 4.47. The van der Waals surface area contributed by atoms with Crippen LogP contribution in [0, 0.1) is 0 Å². The van der Waals surface area contributed by atoms with E-state index >= 15 is 0 Å². The largest absolute Gasteiger partial charge is 0.486 e. The predicted octanol–water partition coefficient (Wildman–Crippen LogP) is 2.11. The number of ether oxygens (including phenoxy) is 2. The first-order valence-corrected chi connectivity index (χ1v) is 9.24. The number of nitrogens with zero attached hydrogens (tertiary/aromatic N) is 2. The lowest BCUT2D eigenvalue weighted by atomic mass is 10.2. The van der Waals surface area contributed by atoms with Gasteiger partial charge in [0.05, 0.1) is 6.54 Å². The summed E-state index contributed by atoms with van der Waals surface area (Å²) in [5.74, 6) is 2.42. The Hall–Kier alpha value is -1.95. The fourth-order valence-electron chi connectivity index (χ4n) is 2.57. The average molecular weight is 348 g/mol. The molecule has 140 valence electrons. The number of hydrogen-bond acceptors (Lipinski definition) is 4. The Kier molecular flexibility index (Phi) is 7.85. The summed E-state index contributed by atoms with van der Waals surface area (Å²) in [6.45, 7) is 10.3. The lowest BCUT2D eigenvalue weighted by Crippen LogP contribution is -2.43. The maximum Gasteiger partial charge on any atom is 0.191 e. The molecule has 0 bridgehead atoms. The molecule has 6 nitrogen and oxygen atoms in total. The van der Waals surface area contributed by atoms with Crippen LogP contribution in [0.15, 0.2) is 29.3 Å². The SMILES string of the molecule is CCNC(=NCC1COc2ccccc2O1)NCCN(C)C(C)CC. The van der Waals surface area contributed by atoms with E-state index in [1.165, 1.54) is 0 Å². The summed E-state index contributed by atoms with van der Waals surface area (Å²) in [5.41, 5.74) is 0. The molecule has 0 aliphatic carbocycles. The summed E-state index contributed by atoms with van der Waals surface area (Å²) in [4.78, 5) is 7.00. The molecular weight excluding hydrogens is 316 g/mol. The van der Waals surface area contributed by atoms with Crippen molar-refractivity contribution in [1.29, 1.82) is 0 Å². The van der Waals surface area contributed by atoms with Crippen LogP contribution in [0.1, 0.15) is 27.2 Å². The molecule has 2 N–H and O–H groups in total. The van der Waals surface area contributed by atoms with Crippen molar-refractivity contribution in [3.63, 3.8) is 0 Å². The Labute approximate surface area is 151 Å². The van der Waals surface area contributed by atoms with Crippen LogP contribution in [0.4, 0.5) is 0 Å². The highest BCUT2D eigenvalue weighted by atomic mass is 16.6. The Morgan fingerprint density at radius 1 is 1.28 bits per heavy atom. The normalized spacial score (nSPS) is 18.1. The summed E-state index contributed by atoms with van der Waals surface area (Å²) >= 11 is 0. The van der Waals surface area contributed by atoms with E-state index in [-0.39, 0.29) is 6.10 Å².